The van der Waals surface area contributed by atoms with Crippen molar-refractivity contribution in [3.63, 3.8) is 0 Å². The molecule has 30 heavy (non-hydrogen) atoms. The number of anilines is 1. The van der Waals surface area contributed by atoms with Crippen molar-refractivity contribution in [2.24, 2.45) is 0 Å². The number of nitrogens with zero attached hydrogens (tertiary/aromatic N) is 2. The van der Waals surface area contributed by atoms with Crippen molar-refractivity contribution in [1.82, 2.24) is 15.1 Å². The van der Waals surface area contributed by atoms with Gasteiger partial charge in [-0.25, -0.2) is 4.68 Å². The summed E-state index contributed by atoms with van der Waals surface area (Å²) < 4.78 is 1.76. The lowest BCUT2D eigenvalue weighted by molar-refractivity contribution is -0.125. The monoisotopic (exact) mass is 410 g/mol. The van der Waals surface area contributed by atoms with Gasteiger partial charge in [-0.1, -0.05) is 57.7 Å². The highest BCUT2D eigenvalue weighted by Crippen LogP contribution is 2.26. The molecule has 1 aromatic heterocycles. The van der Waals surface area contributed by atoms with Crippen LogP contribution in [0.4, 0.5) is 5.82 Å². The van der Waals surface area contributed by atoms with E-state index >= 15 is 0 Å². The van der Waals surface area contributed by atoms with Gasteiger partial charge in [-0.15, -0.1) is 0 Å². The van der Waals surface area contributed by atoms with Crippen LogP contribution in [0, 0.1) is 6.92 Å². The van der Waals surface area contributed by atoms with Crippen molar-refractivity contribution in [3.05, 3.63) is 41.6 Å². The molecule has 0 aliphatic heterocycles. The highest BCUT2D eigenvalue weighted by Gasteiger charge is 2.22. The summed E-state index contributed by atoms with van der Waals surface area (Å²) in [6.45, 7) is 8.32. The molecule has 6 heteroatoms. The Morgan fingerprint density at radius 3 is 2.30 bits per heavy atom. The summed E-state index contributed by atoms with van der Waals surface area (Å²) in [6.07, 6.45) is 6.04. The van der Waals surface area contributed by atoms with E-state index in [-0.39, 0.29) is 36.1 Å². The predicted octanol–water partition coefficient (Wildman–Crippen LogP) is 4.65. The Balaban J connectivity index is 1.65. The molecule has 1 heterocycles. The fourth-order valence-corrected chi connectivity index (χ4v) is 3.70. The molecule has 0 radical (unpaired) electrons. The van der Waals surface area contributed by atoms with Crippen LogP contribution in [-0.4, -0.2) is 27.6 Å². The van der Waals surface area contributed by atoms with Crippen molar-refractivity contribution in [2.75, 3.05) is 5.32 Å². The molecule has 0 unspecified atom stereocenters. The van der Waals surface area contributed by atoms with Crippen LogP contribution in [0.15, 0.2) is 30.3 Å². The third-order valence-corrected chi connectivity index (χ3v) is 5.57. The standard InChI is InChI=1S/C24H34N4O2/c1-17-10-12-19(13-11-17)28-21(16-20(27-28)24(2,3)4)26-23(30)15-14-22(29)25-18-8-6-5-7-9-18/h10-13,16,18H,5-9,14-15H2,1-4H3,(H,25,29)(H,26,30). The first-order chi connectivity index (χ1) is 14.2. The van der Waals surface area contributed by atoms with E-state index in [9.17, 15) is 9.59 Å². The minimum Gasteiger partial charge on any atom is -0.353 e. The molecule has 1 aliphatic carbocycles. The predicted molar refractivity (Wildman–Crippen MR) is 120 cm³/mol. The van der Waals surface area contributed by atoms with Gasteiger partial charge in [0.05, 0.1) is 11.4 Å². The quantitative estimate of drug-likeness (QED) is 0.728. The Hall–Kier alpha value is -2.63. The van der Waals surface area contributed by atoms with E-state index < -0.39 is 0 Å². The minimum absolute atomic E-state index is 0.0422. The Bertz CT molecular complexity index is 872. The van der Waals surface area contributed by atoms with Gasteiger partial charge in [0.25, 0.3) is 0 Å². The van der Waals surface area contributed by atoms with Crippen LogP contribution in [0.5, 0.6) is 0 Å². The number of aromatic nitrogens is 2. The zero-order chi connectivity index (χ0) is 21.7. The van der Waals surface area contributed by atoms with Crippen LogP contribution in [0.25, 0.3) is 5.69 Å². The largest absolute Gasteiger partial charge is 0.353 e. The van der Waals surface area contributed by atoms with Gasteiger partial charge in [0.1, 0.15) is 5.82 Å². The maximum absolute atomic E-state index is 12.6. The number of benzene rings is 1. The molecule has 0 bridgehead atoms. The van der Waals surface area contributed by atoms with Gasteiger partial charge >= 0.3 is 0 Å². The van der Waals surface area contributed by atoms with Gasteiger partial charge in [0.15, 0.2) is 0 Å². The van der Waals surface area contributed by atoms with Gasteiger partial charge in [0.2, 0.25) is 11.8 Å². The summed E-state index contributed by atoms with van der Waals surface area (Å²) in [5.74, 6) is 0.406. The zero-order valence-electron chi connectivity index (χ0n) is 18.6. The zero-order valence-corrected chi connectivity index (χ0v) is 18.6. The van der Waals surface area contributed by atoms with Crippen molar-refractivity contribution >= 4 is 17.6 Å². The molecule has 2 N–H and O–H groups in total. The number of aryl methyl sites for hydroxylation is 1. The molecule has 1 fully saturated rings. The molecule has 2 amide bonds. The van der Waals surface area contributed by atoms with Crippen molar-refractivity contribution < 1.29 is 9.59 Å². The van der Waals surface area contributed by atoms with Crippen LogP contribution >= 0.6 is 0 Å². The van der Waals surface area contributed by atoms with Crippen LogP contribution < -0.4 is 10.6 Å². The first-order valence-electron chi connectivity index (χ1n) is 11.0. The molecule has 3 rings (SSSR count). The third kappa shape index (κ3) is 5.94. The SMILES string of the molecule is Cc1ccc(-n2nc(C(C)(C)C)cc2NC(=O)CCC(=O)NC2CCCCC2)cc1. The van der Waals surface area contributed by atoms with Gasteiger partial charge in [-0.2, -0.15) is 5.10 Å². The molecule has 1 saturated carbocycles. The lowest BCUT2D eigenvalue weighted by Crippen LogP contribution is -2.36. The smallest absolute Gasteiger partial charge is 0.226 e. The Kier molecular flexibility index (Phi) is 6.95. The Labute approximate surface area is 179 Å². The molecular formula is C24H34N4O2. The molecule has 1 aromatic carbocycles. The summed E-state index contributed by atoms with van der Waals surface area (Å²) >= 11 is 0. The Morgan fingerprint density at radius 2 is 1.67 bits per heavy atom. The van der Waals surface area contributed by atoms with E-state index in [0.717, 1.165) is 29.8 Å². The average Bonchev–Trinajstić information content (AvgIpc) is 3.12. The number of amides is 2. The molecule has 162 valence electrons. The summed E-state index contributed by atoms with van der Waals surface area (Å²) in [6, 6.07) is 10.2. The van der Waals surface area contributed by atoms with Crippen LogP contribution in [0.1, 0.15) is 77.0 Å². The molecular weight excluding hydrogens is 376 g/mol. The molecule has 2 aromatic rings. The topological polar surface area (TPSA) is 76.0 Å². The average molecular weight is 411 g/mol. The lowest BCUT2D eigenvalue weighted by atomic mass is 9.92. The second-order valence-corrected chi connectivity index (χ2v) is 9.36. The van der Waals surface area contributed by atoms with Gasteiger partial charge in [-0.05, 0) is 31.9 Å². The summed E-state index contributed by atoms with van der Waals surface area (Å²) in [5, 5.41) is 10.8. The first kappa shape index (κ1) is 22.1. The minimum atomic E-state index is -0.178. The molecule has 0 spiro atoms. The van der Waals surface area contributed by atoms with Crippen molar-refractivity contribution in [2.45, 2.75) is 84.1 Å². The fourth-order valence-electron chi connectivity index (χ4n) is 3.70. The van der Waals surface area contributed by atoms with Gasteiger partial charge < -0.3 is 10.6 Å². The number of carbonyl (C=O) groups excluding carboxylic acids is 2. The van der Waals surface area contributed by atoms with E-state index in [0.29, 0.717) is 5.82 Å². The van der Waals surface area contributed by atoms with Crippen LogP contribution in [0.3, 0.4) is 0 Å². The highest BCUT2D eigenvalue weighted by molar-refractivity contribution is 5.93. The lowest BCUT2D eigenvalue weighted by Gasteiger charge is -2.22. The molecule has 6 nitrogen and oxygen atoms in total. The van der Waals surface area contributed by atoms with Gasteiger partial charge in [-0.3, -0.25) is 9.59 Å². The maximum atomic E-state index is 12.6. The first-order valence-corrected chi connectivity index (χ1v) is 11.0. The normalized spacial score (nSPS) is 15.1. The van der Waals surface area contributed by atoms with Crippen molar-refractivity contribution in [1.29, 1.82) is 0 Å². The Morgan fingerprint density at radius 1 is 1.03 bits per heavy atom. The maximum Gasteiger partial charge on any atom is 0.226 e. The number of nitrogens with one attached hydrogen (secondary N) is 2. The summed E-state index contributed by atoms with van der Waals surface area (Å²) in [7, 11) is 0. The van der Waals surface area contributed by atoms with E-state index in [1.165, 1.54) is 19.3 Å². The van der Waals surface area contributed by atoms with E-state index in [1.54, 1.807) is 4.68 Å². The number of rotatable bonds is 6. The highest BCUT2D eigenvalue weighted by atomic mass is 16.2. The number of carbonyl (C=O) groups is 2. The van der Waals surface area contributed by atoms with E-state index in [2.05, 4.69) is 31.4 Å². The summed E-state index contributed by atoms with van der Waals surface area (Å²) in [5.41, 5.74) is 2.81. The summed E-state index contributed by atoms with van der Waals surface area (Å²) in [4.78, 5) is 24.8. The molecule has 0 atom stereocenters. The van der Waals surface area contributed by atoms with E-state index in [4.69, 9.17) is 5.10 Å². The molecule has 0 saturated heterocycles. The van der Waals surface area contributed by atoms with Crippen LogP contribution in [-0.2, 0) is 15.0 Å². The second-order valence-electron chi connectivity index (χ2n) is 9.36. The second kappa shape index (κ2) is 9.45. The van der Waals surface area contributed by atoms with Crippen LogP contribution in [0.2, 0.25) is 0 Å². The number of hydrogen-bond acceptors (Lipinski definition) is 3. The van der Waals surface area contributed by atoms with Crippen molar-refractivity contribution in [3.8, 4) is 5.69 Å². The van der Waals surface area contributed by atoms with E-state index in [1.807, 2.05) is 37.3 Å². The van der Waals surface area contributed by atoms with Gasteiger partial charge in [0, 0.05) is 30.4 Å². The third-order valence-electron chi connectivity index (χ3n) is 5.57. The molecule has 1 aliphatic rings. The fraction of sp³-hybridized carbons (Fsp3) is 0.542. The number of hydrogen-bond donors (Lipinski definition) is 2.